The summed E-state index contributed by atoms with van der Waals surface area (Å²) in [4.78, 5) is 4.82. The van der Waals surface area contributed by atoms with Gasteiger partial charge in [0.2, 0.25) is 0 Å². The maximum Gasteiger partial charge on any atom is 0.0834 e. The van der Waals surface area contributed by atoms with Crippen LogP contribution in [0.2, 0.25) is 0 Å². The molecule has 2 aromatic rings. The van der Waals surface area contributed by atoms with Gasteiger partial charge in [0.1, 0.15) is 0 Å². The zero-order valence-corrected chi connectivity index (χ0v) is 17.1. The van der Waals surface area contributed by atoms with Crippen LogP contribution in [-0.2, 0) is 22.6 Å². The predicted octanol–water partition coefficient (Wildman–Crippen LogP) is 2.77. The Kier molecular flexibility index (Phi) is 7.30. The summed E-state index contributed by atoms with van der Waals surface area (Å²) in [6.45, 7) is 8.46. The number of hydrogen-bond acceptors (Lipinski definition) is 5. The predicted molar refractivity (Wildman–Crippen MR) is 115 cm³/mol. The van der Waals surface area contributed by atoms with Crippen molar-refractivity contribution in [2.24, 2.45) is 0 Å². The maximum absolute atomic E-state index is 9.06. The summed E-state index contributed by atoms with van der Waals surface area (Å²) in [6.07, 6.45) is 1.25. The minimum atomic E-state index is 0.250. The molecule has 0 spiro atoms. The van der Waals surface area contributed by atoms with Crippen molar-refractivity contribution in [2.75, 3.05) is 52.5 Å². The maximum atomic E-state index is 9.06. The van der Waals surface area contributed by atoms with Crippen LogP contribution in [0.25, 0.3) is 11.1 Å². The number of benzene rings is 2. The second-order valence-corrected chi connectivity index (χ2v) is 8.03. The molecule has 1 atom stereocenters. The van der Waals surface area contributed by atoms with Crippen molar-refractivity contribution in [1.29, 1.82) is 0 Å². The van der Waals surface area contributed by atoms with Gasteiger partial charge in [-0.05, 0) is 28.7 Å². The fourth-order valence-corrected chi connectivity index (χ4v) is 4.03. The molecule has 2 fully saturated rings. The average molecular weight is 397 g/mol. The standard InChI is InChI=1S/C24H32N2O3/c27-15-14-25-10-12-26(13-11-25)17-20-1-5-22(6-2-20)23-7-3-21(4-8-23)18-29-24-9-16-28-19-24/h1-8,24,27H,9-19H2/t24-/m1/s1. The van der Waals surface area contributed by atoms with E-state index in [0.29, 0.717) is 6.61 Å². The molecule has 5 heteroatoms. The van der Waals surface area contributed by atoms with Crippen LogP contribution in [0.5, 0.6) is 0 Å². The highest BCUT2D eigenvalue weighted by Crippen LogP contribution is 2.22. The summed E-state index contributed by atoms with van der Waals surface area (Å²) in [7, 11) is 0. The number of ether oxygens (including phenoxy) is 2. The van der Waals surface area contributed by atoms with Crippen molar-refractivity contribution in [3.8, 4) is 11.1 Å². The lowest BCUT2D eigenvalue weighted by atomic mass is 10.0. The van der Waals surface area contributed by atoms with Crippen molar-refractivity contribution in [3.05, 3.63) is 59.7 Å². The Bertz CT molecular complexity index is 734. The molecule has 2 aliphatic heterocycles. The molecule has 2 saturated heterocycles. The molecule has 0 saturated carbocycles. The fraction of sp³-hybridized carbons (Fsp3) is 0.500. The van der Waals surface area contributed by atoms with Crippen molar-refractivity contribution in [2.45, 2.75) is 25.7 Å². The smallest absolute Gasteiger partial charge is 0.0834 e. The second-order valence-electron chi connectivity index (χ2n) is 8.03. The molecule has 1 N–H and O–H groups in total. The molecule has 156 valence electrons. The minimum absolute atomic E-state index is 0.250. The van der Waals surface area contributed by atoms with Gasteiger partial charge in [0.25, 0.3) is 0 Å². The number of aliphatic hydroxyl groups excluding tert-OH is 1. The van der Waals surface area contributed by atoms with E-state index in [1.807, 2.05) is 0 Å². The highest BCUT2D eigenvalue weighted by atomic mass is 16.5. The Labute approximate surface area is 173 Å². The van der Waals surface area contributed by atoms with Crippen LogP contribution in [0, 0.1) is 0 Å². The van der Waals surface area contributed by atoms with Gasteiger partial charge in [0.15, 0.2) is 0 Å². The zero-order valence-electron chi connectivity index (χ0n) is 17.1. The summed E-state index contributed by atoms with van der Waals surface area (Å²) < 4.78 is 11.3. The van der Waals surface area contributed by atoms with E-state index < -0.39 is 0 Å². The van der Waals surface area contributed by atoms with Gasteiger partial charge < -0.3 is 14.6 Å². The number of β-amino-alcohol motifs (C(OH)–C–C–N with tert-alkyl or cyclic N) is 1. The molecule has 5 nitrogen and oxygen atoms in total. The highest BCUT2D eigenvalue weighted by molar-refractivity contribution is 5.63. The van der Waals surface area contributed by atoms with Gasteiger partial charge >= 0.3 is 0 Å². The van der Waals surface area contributed by atoms with E-state index in [9.17, 15) is 0 Å². The van der Waals surface area contributed by atoms with Crippen LogP contribution in [0.15, 0.2) is 48.5 Å². The third-order valence-electron chi connectivity index (χ3n) is 5.90. The topological polar surface area (TPSA) is 45.2 Å². The first kappa shape index (κ1) is 20.5. The lowest BCUT2D eigenvalue weighted by Crippen LogP contribution is -2.46. The van der Waals surface area contributed by atoms with Crippen LogP contribution < -0.4 is 0 Å². The first-order valence-electron chi connectivity index (χ1n) is 10.7. The van der Waals surface area contributed by atoms with Gasteiger partial charge in [0, 0.05) is 45.9 Å². The molecule has 0 amide bonds. The number of piperazine rings is 1. The lowest BCUT2D eigenvalue weighted by Gasteiger charge is -2.34. The van der Waals surface area contributed by atoms with Gasteiger partial charge in [0.05, 0.1) is 25.9 Å². The van der Waals surface area contributed by atoms with Crippen LogP contribution >= 0.6 is 0 Å². The Morgan fingerprint density at radius 3 is 2.07 bits per heavy atom. The SMILES string of the molecule is OCCN1CCN(Cc2ccc(-c3ccc(CO[C@@H]4CCOC4)cc3)cc2)CC1. The van der Waals surface area contributed by atoms with Crippen molar-refractivity contribution < 1.29 is 14.6 Å². The third kappa shape index (κ3) is 5.87. The minimum Gasteiger partial charge on any atom is -0.395 e. The molecule has 29 heavy (non-hydrogen) atoms. The first-order chi connectivity index (χ1) is 14.3. The van der Waals surface area contributed by atoms with Gasteiger partial charge in [-0.15, -0.1) is 0 Å². The molecule has 2 aromatic carbocycles. The largest absolute Gasteiger partial charge is 0.395 e. The van der Waals surface area contributed by atoms with Gasteiger partial charge in [-0.3, -0.25) is 9.80 Å². The molecule has 2 aliphatic rings. The Morgan fingerprint density at radius 2 is 1.48 bits per heavy atom. The van der Waals surface area contributed by atoms with Gasteiger partial charge in [-0.2, -0.15) is 0 Å². The Morgan fingerprint density at radius 1 is 0.862 bits per heavy atom. The molecule has 0 radical (unpaired) electrons. The molecule has 4 rings (SSSR count). The van der Waals surface area contributed by atoms with Crippen molar-refractivity contribution in [3.63, 3.8) is 0 Å². The Hall–Kier alpha value is -1.76. The van der Waals surface area contributed by atoms with Crippen LogP contribution in [-0.4, -0.2) is 73.6 Å². The fourth-order valence-electron chi connectivity index (χ4n) is 4.03. The average Bonchev–Trinajstić information content (AvgIpc) is 3.29. The van der Waals surface area contributed by atoms with E-state index in [1.165, 1.54) is 22.3 Å². The number of nitrogens with zero attached hydrogens (tertiary/aromatic N) is 2. The van der Waals surface area contributed by atoms with Crippen LogP contribution in [0.4, 0.5) is 0 Å². The van der Waals surface area contributed by atoms with Crippen LogP contribution in [0.1, 0.15) is 17.5 Å². The summed E-state index contributed by atoms with van der Waals surface area (Å²) in [5.41, 5.74) is 5.05. The lowest BCUT2D eigenvalue weighted by molar-refractivity contribution is 0.0317. The molecule has 0 aliphatic carbocycles. The first-order valence-corrected chi connectivity index (χ1v) is 10.7. The highest BCUT2D eigenvalue weighted by Gasteiger charge is 2.17. The van der Waals surface area contributed by atoms with E-state index >= 15 is 0 Å². The molecule has 0 aromatic heterocycles. The van der Waals surface area contributed by atoms with Crippen molar-refractivity contribution in [1.82, 2.24) is 9.80 Å². The monoisotopic (exact) mass is 396 g/mol. The molecule has 0 bridgehead atoms. The summed E-state index contributed by atoms with van der Waals surface area (Å²) in [5, 5.41) is 9.06. The molecular weight excluding hydrogens is 364 g/mol. The van der Waals surface area contributed by atoms with E-state index in [1.54, 1.807) is 0 Å². The quantitative estimate of drug-likeness (QED) is 0.743. The number of rotatable bonds is 8. The van der Waals surface area contributed by atoms with Crippen molar-refractivity contribution >= 4 is 0 Å². The number of aliphatic hydroxyl groups is 1. The summed E-state index contributed by atoms with van der Waals surface area (Å²) >= 11 is 0. The number of hydrogen-bond donors (Lipinski definition) is 1. The molecule has 2 heterocycles. The zero-order chi connectivity index (χ0) is 19.9. The molecule has 0 unspecified atom stereocenters. The van der Waals surface area contributed by atoms with E-state index in [4.69, 9.17) is 14.6 Å². The second kappa shape index (κ2) is 10.3. The van der Waals surface area contributed by atoms with E-state index in [0.717, 1.165) is 58.9 Å². The van der Waals surface area contributed by atoms with Gasteiger partial charge in [-0.25, -0.2) is 0 Å². The van der Waals surface area contributed by atoms with Gasteiger partial charge in [-0.1, -0.05) is 48.5 Å². The van der Waals surface area contributed by atoms with E-state index in [2.05, 4.69) is 58.3 Å². The molecular formula is C24H32N2O3. The third-order valence-corrected chi connectivity index (χ3v) is 5.90. The van der Waals surface area contributed by atoms with Crippen LogP contribution in [0.3, 0.4) is 0 Å². The normalized spacial score (nSPS) is 20.9. The summed E-state index contributed by atoms with van der Waals surface area (Å²) in [5.74, 6) is 0. The van der Waals surface area contributed by atoms with E-state index in [-0.39, 0.29) is 12.7 Å². The summed E-state index contributed by atoms with van der Waals surface area (Å²) in [6, 6.07) is 17.6. The Balaban J connectivity index is 1.27.